The molecule has 94 valence electrons. The number of halogens is 4. The molecule has 1 aliphatic carbocycles. The summed E-state index contributed by atoms with van der Waals surface area (Å²) in [5.41, 5.74) is 4.94. The van der Waals surface area contributed by atoms with Crippen LogP contribution in [0.2, 0.25) is 0 Å². The highest BCUT2D eigenvalue weighted by Crippen LogP contribution is 2.38. The Morgan fingerprint density at radius 2 is 1.88 bits per heavy atom. The van der Waals surface area contributed by atoms with Gasteiger partial charge in [0, 0.05) is 11.6 Å². The predicted molar refractivity (Wildman–Crippen MR) is 55.7 cm³/mol. The van der Waals surface area contributed by atoms with Gasteiger partial charge in [-0.05, 0) is 37.0 Å². The lowest BCUT2D eigenvalue weighted by atomic mass is 9.77. The summed E-state index contributed by atoms with van der Waals surface area (Å²) in [4.78, 5) is 0. The minimum Gasteiger partial charge on any atom is -0.324 e. The first-order valence-electron chi connectivity index (χ1n) is 5.52. The Bertz CT molecular complexity index is 409. The van der Waals surface area contributed by atoms with Gasteiger partial charge in [-0.25, -0.2) is 4.39 Å². The van der Waals surface area contributed by atoms with E-state index in [9.17, 15) is 17.6 Å². The highest BCUT2D eigenvalue weighted by molar-refractivity contribution is 5.30. The fourth-order valence-corrected chi connectivity index (χ4v) is 2.03. The molecule has 1 saturated carbocycles. The average molecular weight is 247 g/mol. The molecule has 1 aliphatic rings. The molecule has 1 nitrogen and oxygen atoms in total. The van der Waals surface area contributed by atoms with Crippen molar-refractivity contribution in [1.29, 1.82) is 0 Å². The molecule has 0 bridgehead atoms. The molecule has 1 unspecified atom stereocenters. The van der Waals surface area contributed by atoms with Gasteiger partial charge in [0.05, 0.1) is 5.56 Å². The van der Waals surface area contributed by atoms with Gasteiger partial charge in [-0.3, -0.25) is 0 Å². The van der Waals surface area contributed by atoms with Crippen LogP contribution in [0.1, 0.15) is 36.4 Å². The minimum absolute atomic E-state index is 0.0236. The van der Waals surface area contributed by atoms with Gasteiger partial charge in [-0.15, -0.1) is 0 Å². The smallest absolute Gasteiger partial charge is 0.324 e. The molecule has 1 atom stereocenters. The second kappa shape index (κ2) is 4.29. The molecule has 0 amide bonds. The molecule has 1 fully saturated rings. The molecular formula is C12H13F4N. The van der Waals surface area contributed by atoms with Crippen molar-refractivity contribution in [1.82, 2.24) is 0 Å². The quantitative estimate of drug-likeness (QED) is 0.793. The number of benzene rings is 1. The fraction of sp³-hybridized carbons (Fsp3) is 0.500. The van der Waals surface area contributed by atoms with Gasteiger partial charge in [-0.2, -0.15) is 13.2 Å². The first-order valence-corrected chi connectivity index (χ1v) is 5.52. The summed E-state index contributed by atoms with van der Waals surface area (Å²) in [6, 6.07) is 1.78. The predicted octanol–water partition coefficient (Wildman–Crippen LogP) is 3.64. The van der Waals surface area contributed by atoms with Crippen LogP contribution in [0.4, 0.5) is 17.6 Å². The van der Waals surface area contributed by atoms with Gasteiger partial charge >= 0.3 is 6.18 Å². The lowest BCUT2D eigenvalue weighted by Gasteiger charge is -2.31. The van der Waals surface area contributed by atoms with E-state index in [0.29, 0.717) is 0 Å². The zero-order chi connectivity index (χ0) is 12.6. The third-order valence-electron chi connectivity index (χ3n) is 3.34. The van der Waals surface area contributed by atoms with E-state index in [0.717, 1.165) is 37.5 Å². The number of rotatable bonds is 2. The lowest BCUT2D eigenvalue weighted by Crippen LogP contribution is -2.28. The van der Waals surface area contributed by atoms with Crippen LogP contribution in [0.5, 0.6) is 0 Å². The molecule has 2 rings (SSSR count). The Balaban J connectivity index is 2.31. The van der Waals surface area contributed by atoms with Crippen molar-refractivity contribution in [3.8, 4) is 0 Å². The Morgan fingerprint density at radius 3 is 2.35 bits per heavy atom. The van der Waals surface area contributed by atoms with E-state index in [-0.39, 0.29) is 11.5 Å². The molecule has 17 heavy (non-hydrogen) atoms. The Morgan fingerprint density at radius 1 is 1.24 bits per heavy atom. The van der Waals surface area contributed by atoms with E-state index in [1.54, 1.807) is 0 Å². The summed E-state index contributed by atoms with van der Waals surface area (Å²) in [6.07, 6.45) is -1.73. The van der Waals surface area contributed by atoms with E-state index in [1.165, 1.54) is 0 Å². The van der Waals surface area contributed by atoms with E-state index >= 15 is 0 Å². The van der Waals surface area contributed by atoms with E-state index < -0.39 is 23.6 Å². The molecule has 5 heteroatoms. The number of hydrogen-bond donors (Lipinski definition) is 1. The first kappa shape index (κ1) is 12.4. The van der Waals surface area contributed by atoms with E-state index in [1.807, 2.05) is 0 Å². The largest absolute Gasteiger partial charge is 0.416 e. The first-order chi connectivity index (χ1) is 7.89. The molecule has 1 aromatic rings. The minimum atomic E-state index is -4.46. The molecule has 2 N–H and O–H groups in total. The zero-order valence-electron chi connectivity index (χ0n) is 9.10. The van der Waals surface area contributed by atoms with Crippen LogP contribution in [0, 0.1) is 11.7 Å². The van der Waals surface area contributed by atoms with Crippen molar-refractivity contribution in [3.05, 3.63) is 35.1 Å². The summed E-state index contributed by atoms with van der Waals surface area (Å²) >= 11 is 0. The van der Waals surface area contributed by atoms with Gasteiger partial charge in [0.2, 0.25) is 0 Å². The zero-order valence-corrected chi connectivity index (χ0v) is 9.10. The van der Waals surface area contributed by atoms with Crippen LogP contribution in [0.25, 0.3) is 0 Å². The van der Waals surface area contributed by atoms with Gasteiger partial charge in [0.25, 0.3) is 0 Å². The summed E-state index contributed by atoms with van der Waals surface area (Å²) in [5.74, 6) is -0.551. The lowest BCUT2D eigenvalue weighted by molar-refractivity contribution is -0.137. The molecule has 1 aromatic carbocycles. The topological polar surface area (TPSA) is 26.0 Å². The molecule has 0 saturated heterocycles. The molecule has 0 aliphatic heterocycles. The van der Waals surface area contributed by atoms with E-state index in [4.69, 9.17) is 5.73 Å². The van der Waals surface area contributed by atoms with Crippen LogP contribution in [0.15, 0.2) is 18.2 Å². The number of nitrogens with two attached hydrogens (primary N) is 1. The van der Waals surface area contributed by atoms with Crippen molar-refractivity contribution in [2.45, 2.75) is 31.5 Å². The van der Waals surface area contributed by atoms with Gasteiger partial charge in [0.1, 0.15) is 5.82 Å². The summed E-state index contributed by atoms with van der Waals surface area (Å²) < 4.78 is 51.0. The third-order valence-corrected chi connectivity index (χ3v) is 3.34. The normalized spacial score (nSPS) is 18.9. The molecule has 0 radical (unpaired) electrons. The average Bonchev–Trinajstić information content (AvgIpc) is 2.13. The van der Waals surface area contributed by atoms with Gasteiger partial charge < -0.3 is 5.73 Å². The monoisotopic (exact) mass is 247 g/mol. The third kappa shape index (κ3) is 2.44. The van der Waals surface area contributed by atoms with Crippen LogP contribution >= 0.6 is 0 Å². The van der Waals surface area contributed by atoms with Crippen molar-refractivity contribution in [3.63, 3.8) is 0 Å². The fourth-order valence-electron chi connectivity index (χ4n) is 2.03. The van der Waals surface area contributed by atoms with Crippen LogP contribution < -0.4 is 5.73 Å². The summed E-state index contributed by atoms with van der Waals surface area (Å²) in [7, 11) is 0. The van der Waals surface area contributed by atoms with Crippen molar-refractivity contribution in [2.24, 2.45) is 11.7 Å². The van der Waals surface area contributed by atoms with Crippen LogP contribution in [0.3, 0.4) is 0 Å². The number of hydrogen-bond acceptors (Lipinski definition) is 1. The Kier molecular flexibility index (Phi) is 3.12. The molecule has 0 heterocycles. The van der Waals surface area contributed by atoms with Crippen molar-refractivity contribution in [2.75, 3.05) is 0 Å². The standard InChI is InChI=1S/C12H13F4N/c13-10-5-4-8(12(14,15)16)6-9(10)11(17)7-2-1-3-7/h4-7,11H,1-3,17H2. The Labute approximate surface area is 96.6 Å². The molecular weight excluding hydrogens is 234 g/mol. The SMILES string of the molecule is NC(c1cc(C(F)(F)F)ccc1F)C1CCC1. The van der Waals surface area contributed by atoms with Gasteiger partial charge in [0.15, 0.2) is 0 Å². The second-order valence-electron chi connectivity index (χ2n) is 4.45. The van der Waals surface area contributed by atoms with E-state index in [2.05, 4.69) is 0 Å². The summed E-state index contributed by atoms with van der Waals surface area (Å²) in [6.45, 7) is 0. The maximum atomic E-state index is 13.5. The highest BCUT2D eigenvalue weighted by Gasteiger charge is 2.33. The van der Waals surface area contributed by atoms with Crippen LogP contribution in [-0.2, 0) is 6.18 Å². The van der Waals surface area contributed by atoms with Crippen LogP contribution in [-0.4, -0.2) is 0 Å². The Hall–Kier alpha value is -1.10. The second-order valence-corrected chi connectivity index (χ2v) is 4.45. The van der Waals surface area contributed by atoms with Gasteiger partial charge in [-0.1, -0.05) is 6.42 Å². The summed E-state index contributed by atoms with van der Waals surface area (Å²) in [5, 5.41) is 0. The maximum Gasteiger partial charge on any atom is 0.416 e. The molecule has 0 aromatic heterocycles. The highest BCUT2D eigenvalue weighted by atomic mass is 19.4. The number of alkyl halides is 3. The maximum absolute atomic E-state index is 13.5. The molecule has 0 spiro atoms. The van der Waals surface area contributed by atoms with Crippen molar-refractivity contribution < 1.29 is 17.6 Å². The van der Waals surface area contributed by atoms with Crippen molar-refractivity contribution >= 4 is 0 Å².